The molecule has 1 N–H and O–H groups in total. The maximum absolute atomic E-state index is 13.2. The van der Waals surface area contributed by atoms with E-state index in [-0.39, 0.29) is 6.54 Å². The van der Waals surface area contributed by atoms with Crippen LogP contribution in [-0.4, -0.2) is 33.1 Å². The lowest BCUT2D eigenvalue weighted by molar-refractivity contribution is -0.127. The Labute approximate surface area is 236 Å². The second-order valence-corrected chi connectivity index (χ2v) is 11.0. The quantitative estimate of drug-likeness (QED) is 0.230. The smallest absolute Gasteiger partial charge is 0.294 e. The number of nitrogens with one attached hydrogen (secondary N) is 1. The molecular weight excluding hydrogens is 518 g/mol. The summed E-state index contributed by atoms with van der Waals surface area (Å²) in [5.74, 6) is -0.875. The molecule has 40 heavy (non-hydrogen) atoms. The Kier molecular flexibility index (Phi) is 6.74. The fourth-order valence-corrected chi connectivity index (χ4v) is 5.95. The molecule has 0 spiro atoms. The van der Waals surface area contributed by atoms with E-state index in [4.69, 9.17) is 0 Å². The fourth-order valence-electron chi connectivity index (χ4n) is 5.12. The van der Waals surface area contributed by atoms with Gasteiger partial charge in [0.1, 0.15) is 6.54 Å². The molecular formula is C33H27N3O3S. The minimum Gasteiger partial charge on any atom is -0.342 e. The van der Waals surface area contributed by atoms with Crippen molar-refractivity contribution in [3.05, 3.63) is 118 Å². The van der Waals surface area contributed by atoms with Crippen molar-refractivity contribution < 1.29 is 14.4 Å². The van der Waals surface area contributed by atoms with Crippen LogP contribution in [0.15, 0.2) is 96.0 Å². The monoisotopic (exact) mass is 545 g/mol. The highest BCUT2D eigenvalue weighted by Crippen LogP contribution is 2.34. The van der Waals surface area contributed by atoms with Gasteiger partial charge >= 0.3 is 0 Å². The standard InChI is InChI=1S/C33H27N3O3S/c1-21-11-14-28(22(2)15-21)34-31(37)20-36-32(38)30(40-33(36)39)17-26-19-35(29-10-6-5-9-27(26)29)18-23-12-13-24-7-3-4-8-25(24)16-23/h3-17,19H,18,20H2,1-2H3,(H,34,37)/b30-17-. The van der Waals surface area contributed by atoms with E-state index in [9.17, 15) is 14.4 Å². The van der Waals surface area contributed by atoms with Gasteiger partial charge in [0.15, 0.2) is 0 Å². The van der Waals surface area contributed by atoms with E-state index in [1.165, 1.54) is 16.3 Å². The molecule has 0 saturated carbocycles. The zero-order valence-electron chi connectivity index (χ0n) is 22.2. The van der Waals surface area contributed by atoms with Crippen LogP contribution in [0.2, 0.25) is 0 Å². The molecule has 0 atom stereocenters. The van der Waals surface area contributed by atoms with Gasteiger partial charge < -0.3 is 9.88 Å². The zero-order chi connectivity index (χ0) is 27.8. The first-order chi connectivity index (χ1) is 19.4. The van der Waals surface area contributed by atoms with Crippen molar-refractivity contribution in [3.8, 4) is 0 Å². The first-order valence-electron chi connectivity index (χ1n) is 13.0. The lowest BCUT2D eigenvalue weighted by Crippen LogP contribution is -2.36. The number of aromatic nitrogens is 1. The van der Waals surface area contributed by atoms with E-state index in [1.54, 1.807) is 6.08 Å². The molecule has 2 heterocycles. The van der Waals surface area contributed by atoms with E-state index < -0.39 is 17.1 Å². The number of aryl methyl sites for hydroxylation is 2. The van der Waals surface area contributed by atoms with E-state index in [2.05, 4.69) is 46.3 Å². The van der Waals surface area contributed by atoms with Crippen LogP contribution in [0.1, 0.15) is 22.3 Å². The number of thioether (sulfide) groups is 1. The van der Waals surface area contributed by atoms with Gasteiger partial charge in [0.05, 0.1) is 4.91 Å². The van der Waals surface area contributed by atoms with E-state index >= 15 is 0 Å². The number of carbonyl (C=O) groups excluding carboxylic acids is 3. The van der Waals surface area contributed by atoms with Crippen LogP contribution in [0, 0.1) is 13.8 Å². The summed E-state index contributed by atoms with van der Waals surface area (Å²) in [4.78, 5) is 40.0. The van der Waals surface area contributed by atoms with E-state index in [0.29, 0.717) is 17.1 Å². The van der Waals surface area contributed by atoms with Crippen molar-refractivity contribution in [1.29, 1.82) is 0 Å². The van der Waals surface area contributed by atoms with Gasteiger partial charge in [0.2, 0.25) is 5.91 Å². The lowest BCUT2D eigenvalue weighted by Gasteiger charge is -2.14. The maximum Gasteiger partial charge on any atom is 0.294 e. The van der Waals surface area contributed by atoms with Crippen LogP contribution in [0.5, 0.6) is 0 Å². The van der Waals surface area contributed by atoms with E-state index in [1.807, 2.05) is 68.6 Å². The second kappa shape index (κ2) is 10.5. The first kappa shape index (κ1) is 25.6. The van der Waals surface area contributed by atoms with Crippen molar-refractivity contribution in [2.75, 3.05) is 11.9 Å². The molecule has 1 aromatic heterocycles. The third-order valence-electron chi connectivity index (χ3n) is 7.10. The highest BCUT2D eigenvalue weighted by atomic mass is 32.2. The molecule has 1 aliphatic rings. The number of fused-ring (bicyclic) bond motifs is 2. The number of imide groups is 1. The summed E-state index contributed by atoms with van der Waals surface area (Å²) in [5.41, 5.74) is 5.72. The Morgan fingerprint density at radius 1 is 0.900 bits per heavy atom. The molecule has 4 aromatic carbocycles. The van der Waals surface area contributed by atoms with Crippen LogP contribution < -0.4 is 5.32 Å². The topological polar surface area (TPSA) is 71.4 Å². The second-order valence-electron chi connectivity index (χ2n) is 10.0. The molecule has 1 fully saturated rings. The van der Waals surface area contributed by atoms with Gasteiger partial charge in [0.25, 0.3) is 11.1 Å². The Bertz CT molecular complexity index is 1850. The Balaban J connectivity index is 1.24. The SMILES string of the molecule is Cc1ccc(NC(=O)CN2C(=O)S/C(=C\c3cn(Cc4ccc5ccccc5c4)c4ccccc34)C2=O)c(C)c1. The molecule has 1 saturated heterocycles. The number of nitrogens with zero attached hydrogens (tertiary/aromatic N) is 2. The number of rotatable bonds is 6. The lowest BCUT2D eigenvalue weighted by atomic mass is 10.1. The average Bonchev–Trinajstić information content (AvgIpc) is 3.42. The van der Waals surface area contributed by atoms with Crippen molar-refractivity contribution >= 4 is 62.3 Å². The van der Waals surface area contributed by atoms with Crippen LogP contribution in [0.3, 0.4) is 0 Å². The normalized spacial score (nSPS) is 14.6. The fraction of sp³-hybridized carbons (Fsp3) is 0.121. The van der Waals surface area contributed by atoms with Gasteiger partial charge in [-0.25, -0.2) is 0 Å². The Hall–Kier alpha value is -4.62. The Morgan fingerprint density at radius 3 is 2.50 bits per heavy atom. The number of benzene rings is 4. The summed E-state index contributed by atoms with van der Waals surface area (Å²) in [7, 11) is 0. The highest BCUT2D eigenvalue weighted by Gasteiger charge is 2.36. The largest absolute Gasteiger partial charge is 0.342 e. The molecule has 6 nitrogen and oxygen atoms in total. The number of amides is 3. The minimum atomic E-state index is -0.461. The maximum atomic E-state index is 13.2. The Morgan fingerprint density at radius 2 is 1.68 bits per heavy atom. The third-order valence-corrected chi connectivity index (χ3v) is 8.01. The van der Waals surface area contributed by atoms with Gasteiger partial charge in [-0.2, -0.15) is 0 Å². The summed E-state index contributed by atoms with van der Waals surface area (Å²) in [6.45, 7) is 4.21. The minimum absolute atomic E-state index is 0.304. The van der Waals surface area contributed by atoms with Gasteiger partial charge in [-0.3, -0.25) is 19.3 Å². The number of carbonyl (C=O) groups is 3. The molecule has 6 rings (SSSR count). The van der Waals surface area contributed by atoms with Gasteiger partial charge in [-0.1, -0.05) is 72.3 Å². The molecule has 198 valence electrons. The number of para-hydroxylation sites is 1. The van der Waals surface area contributed by atoms with Crippen molar-refractivity contribution in [1.82, 2.24) is 9.47 Å². The van der Waals surface area contributed by atoms with Crippen LogP contribution in [-0.2, 0) is 16.1 Å². The molecule has 0 bridgehead atoms. The van der Waals surface area contributed by atoms with Gasteiger partial charge in [0, 0.05) is 34.9 Å². The molecule has 5 aromatic rings. The number of hydrogen-bond donors (Lipinski definition) is 1. The van der Waals surface area contributed by atoms with E-state index in [0.717, 1.165) is 44.3 Å². The zero-order valence-corrected chi connectivity index (χ0v) is 23.0. The molecule has 0 aliphatic carbocycles. The number of anilines is 1. The van der Waals surface area contributed by atoms with Crippen LogP contribution in [0.25, 0.3) is 27.8 Å². The predicted octanol–water partition coefficient (Wildman–Crippen LogP) is 7.13. The van der Waals surface area contributed by atoms with Crippen LogP contribution in [0.4, 0.5) is 10.5 Å². The van der Waals surface area contributed by atoms with Crippen LogP contribution >= 0.6 is 11.8 Å². The summed E-state index contributed by atoms with van der Waals surface area (Å²) in [6.07, 6.45) is 3.77. The summed E-state index contributed by atoms with van der Waals surface area (Å²) in [5, 5.41) is 5.74. The number of hydrogen-bond acceptors (Lipinski definition) is 4. The van der Waals surface area contributed by atoms with Crippen molar-refractivity contribution in [3.63, 3.8) is 0 Å². The molecule has 0 radical (unpaired) electrons. The summed E-state index contributed by atoms with van der Waals surface area (Å²) >= 11 is 0.863. The van der Waals surface area contributed by atoms with Crippen molar-refractivity contribution in [2.45, 2.75) is 20.4 Å². The molecule has 0 unspecified atom stereocenters. The molecule has 1 aliphatic heterocycles. The summed E-state index contributed by atoms with van der Waals surface area (Å²) in [6, 6.07) is 28.4. The highest BCUT2D eigenvalue weighted by molar-refractivity contribution is 8.18. The van der Waals surface area contributed by atoms with Crippen molar-refractivity contribution in [2.24, 2.45) is 0 Å². The van der Waals surface area contributed by atoms with Gasteiger partial charge in [-0.15, -0.1) is 0 Å². The third kappa shape index (κ3) is 5.03. The summed E-state index contributed by atoms with van der Waals surface area (Å²) < 4.78 is 2.16. The average molecular weight is 546 g/mol. The predicted molar refractivity (Wildman–Crippen MR) is 162 cm³/mol. The molecule has 7 heteroatoms. The van der Waals surface area contributed by atoms with Gasteiger partial charge in [-0.05, 0) is 71.8 Å². The first-order valence-corrected chi connectivity index (χ1v) is 13.9. The molecule has 3 amide bonds.